The highest BCUT2D eigenvalue weighted by molar-refractivity contribution is 6.30. The van der Waals surface area contributed by atoms with Gasteiger partial charge in [-0.1, -0.05) is 62.2 Å². The molecule has 388 valence electrons. The fourth-order valence-corrected chi connectivity index (χ4v) is 8.43. The molecular formula is C52H60ClN13O8. The largest absolute Gasteiger partial charge is 0.445 e. The number of aliphatic hydroxyl groups is 1. The van der Waals surface area contributed by atoms with Gasteiger partial charge in [0.25, 0.3) is 0 Å². The lowest BCUT2D eigenvalue weighted by Crippen LogP contribution is -2.54. The molecule has 6 aromatic rings. The minimum absolute atomic E-state index is 0.0244. The molecule has 21 nitrogen and oxygen atoms in total. The first-order valence-corrected chi connectivity index (χ1v) is 24.7. The first-order chi connectivity index (χ1) is 35.6. The molecule has 0 saturated heterocycles. The Kier molecular flexibility index (Phi) is 18.5. The van der Waals surface area contributed by atoms with E-state index in [1.54, 1.807) is 60.8 Å². The van der Waals surface area contributed by atoms with Gasteiger partial charge in [0.15, 0.2) is 5.65 Å². The number of carbonyl (C=O) groups is 6. The van der Waals surface area contributed by atoms with E-state index in [1.165, 1.54) is 28.3 Å². The molecule has 1 aliphatic rings. The number of nitrogens with zero attached hydrogens (tertiary/aromatic N) is 7. The smallest absolute Gasteiger partial charge is 0.410 e. The Morgan fingerprint density at radius 3 is 2.45 bits per heavy atom. The minimum Gasteiger partial charge on any atom is -0.445 e. The Balaban J connectivity index is 0.985. The molecule has 5 heterocycles. The number of aliphatic hydroxyl groups excluding tert-OH is 1. The number of benzene rings is 2. The quantitative estimate of drug-likeness (QED) is 0.0356. The van der Waals surface area contributed by atoms with Crippen LogP contribution in [0.25, 0.3) is 28.3 Å². The summed E-state index contributed by atoms with van der Waals surface area (Å²) in [4.78, 5) is 98.0. The van der Waals surface area contributed by atoms with E-state index < -0.39 is 42.3 Å². The average molecular weight is 1030 g/mol. The molecule has 2 unspecified atom stereocenters. The SMILES string of the molecule is Cc1cccc(-c2nc(CN(Cc3cccc(Cl)c3)C(=O)OCc3ccc(NC(=O)C(CCCNC(N)=O)NC(=O)[C@@H](NC(=O)CCCCCN4C(=O)C=CC4O)C(C)C)cc3)[nH]c2-c2ccc3ncnn3c2)n1. The summed E-state index contributed by atoms with van der Waals surface area (Å²) in [7, 11) is 0. The van der Waals surface area contributed by atoms with Crippen molar-refractivity contribution < 1.29 is 38.6 Å². The molecular weight excluding hydrogens is 970 g/mol. The number of aryl methyl sites for hydroxylation is 1. The van der Waals surface area contributed by atoms with Crippen LogP contribution in [0.3, 0.4) is 0 Å². The maximum absolute atomic E-state index is 14.0. The zero-order valence-corrected chi connectivity index (χ0v) is 42.0. The lowest BCUT2D eigenvalue weighted by Gasteiger charge is -2.25. The topological polar surface area (TPSA) is 284 Å². The predicted molar refractivity (Wildman–Crippen MR) is 275 cm³/mol. The predicted octanol–water partition coefficient (Wildman–Crippen LogP) is 5.77. The van der Waals surface area contributed by atoms with Crippen LogP contribution in [0, 0.1) is 12.8 Å². The van der Waals surface area contributed by atoms with Crippen molar-refractivity contribution in [2.24, 2.45) is 11.7 Å². The van der Waals surface area contributed by atoms with Crippen LogP contribution < -0.4 is 27.0 Å². The van der Waals surface area contributed by atoms with E-state index in [-0.39, 0.29) is 56.8 Å². The first-order valence-electron chi connectivity index (χ1n) is 24.3. The van der Waals surface area contributed by atoms with Gasteiger partial charge < -0.3 is 46.7 Å². The summed E-state index contributed by atoms with van der Waals surface area (Å²) in [6, 6.07) is 20.5. The maximum Gasteiger partial charge on any atom is 0.410 e. The monoisotopic (exact) mass is 1030 g/mol. The van der Waals surface area contributed by atoms with Gasteiger partial charge in [-0.15, -0.1) is 0 Å². The molecule has 7 rings (SSSR count). The number of aromatic nitrogens is 6. The van der Waals surface area contributed by atoms with Crippen LogP contribution in [0.4, 0.5) is 15.3 Å². The molecule has 8 N–H and O–H groups in total. The summed E-state index contributed by atoms with van der Waals surface area (Å²) < 4.78 is 7.54. The van der Waals surface area contributed by atoms with Crippen molar-refractivity contribution >= 4 is 58.7 Å². The van der Waals surface area contributed by atoms with Crippen LogP contribution in [0.2, 0.25) is 5.02 Å². The third-order valence-electron chi connectivity index (χ3n) is 12.1. The van der Waals surface area contributed by atoms with Crippen LogP contribution in [-0.4, -0.2) is 112 Å². The number of halogens is 1. The standard InChI is InChI=1S/C52H60ClN13O8/c1-32(2)46(63-43(67)15-5-4-6-25-65-44(68)22-23-45(65)69)50(71)60-40(14-9-24-55-51(54)72)49(70)59-38-19-16-34(17-20-38)30-74-52(73)64(27-35-11-8-12-37(53)26-35)29-41-61-47(36-18-21-42-56-31-57-66(42)28-36)48(62-41)39-13-7-10-33(3)58-39/h7-8,10-13,16-23,26,28,31-32,40,44,46,68H,4-6,9,14-15,24-25,27,29-30H2,1-3H3,(H,59,70)(H,60,71)(H,61,62)(H,63,67)(H3,54,55,72)/t40?,44?,46-/m0/s1. The van der Waals surface area contributed by atoms with Gasteiger partial charge in [0.05, 0.1) is 17.9 Å². The molecule has 0 bridgehead atoms. The highest BCUT2D eigenvalue weighted by Crippen LogP contribution is 2.30. The minimum atomic E-state index is -1.06. The van der Waals surface area contributed by atoms with Gasteiger partial charge in [0.2, 0.25) is 23.6 Å². The number of pyridine rings is 2. The number of nitrogens with two attached hydrogens (primary N) is 1. The van der Waals surface area contributed by atoms with Gasteiger partial charge in [-0.2, -0.15) is 5.10 Å². The highest BCUT2D eigenvalue weighted by atomic mass is 35.5. The second kappa shape index (κ2) is 25.5. The van der Waals surface area contributed by atoms with E-state index in [1.807, 2.05) is 49.5 Å². The summed E-state index contributed by atoms with van der Waals surface area (Å²) in [5.41, 5.74) is 11.2. The number of imidazole rings is 1. The number of aromatic amines is 1. The zero-order chi connectivity index (χ0) is 52.7. The van der Waals surface area contributed by atoms with Crippen LogP contribution in [0.1, 0.15) is 75.0 Å². The van der Waals surface area contributed by atoms with Crippen molar-refractivity contribution in [3.63, 3.8) is 0 Å². The average Bonchev–Trinajstić information content (AvgIpc) is 4.11. The zero-order valence-electron chi connectivity index (χ0n) is 41.3. The second-order valence-corrected chi connectivity index (χ2v) is 18.6. The number of fused-ring (bicyclic) bond motifs is 1. The van der Waals surface area contributed by atoms with Gasteiger partial charge in [-0.25, -0.2) is 24.1 Å². The lowest BCUT2D eigenvalue weighted by atomic mass is 10.0. The number of urea groups is 1. The molecule has 0 fully saturated rings. The van der Waals surface area contributed by atoms with Crippen molar-refractivity contribution in [3.8, 4) is 22.6 Å². The summed E-state index contributed by atoms with van der Waals surface area (Å²) in [6.45, 7) is 6.00. The number of ether oxygens (including phenoxy) is 1. The van der Waals surface area contributed by atoms with Gasteiger partial charge in [-0.05, 0) is 104 Å². The number of anilines is 1. The number of nitrogens with one attached hydrogen (secondary N) is 5. The second-order valence-electron chi connectivity index (χ2n) is 18.2. The summed E-state index contributed by atoms with van der Waals surface area (Å²) in [5.74, 6) is -1.58. The molecule has 1 aliphatic heterocycles. The highest BCUT2D eigenvalue weighted by Gasteiger charge is 2.30. The van der Waals surface area contributed by atoms with E-state index in [0.717, 1.165) is 16.8 Å². The van der Waals surface area contributed by atoms with Crippen molar-refractivity contribution in [1.82, 2.24) is 55.3 Å². The van der Waals surface area contributed by atoms with Crippen molar-refractivity contribution in [2.45, 2.75) is 97.3 Å². The fraction of sp³-hybridized carbons (Fsp3) is 0.346. The van der Waals surface area contributed by atoms with E-state index in [0.29, 0.717) is 77.1 Å². The Hall–Kier alpha value is -8.17. The third-order valence-corrected chi connectivity index (χ3v) is 12.3. The maximum atomic E-state index is 14.0. The van der Waals surface area contributed by atoms with Gasteiger partial charge in [0, 0.05) is 60.3 Å². The van der Waals surface area contributed by atoms with Gasteiger partial charge >= 0.3 is 12.1 Å². The molecule has 0 aliphatic carbocycles. The molecule has 0 radical (unpaired) electrons. The number of hydrogen-bond donors (Lipinski definition) is 7. The first kappa shape index (κ1) is 53.6. The van der Waals surface area contributed by atoms with E-state index >= 15 is 0 Å². The summed E-state index contributed by atoms with van der Waals surface area (Å²) in [6.07, 6.45) is 6.73. The molecule has 7 amide bonds. The number of carbonyl (C=O) groups excluding carboxylic acids is 6. The number of unbranched alkanes of at least 4 members (excludes halogenated alkanes) is 2. The number of H-pyrrole nitrogens is 1. The Morgan fingerprint density at radius 1 is 0.919 bits per heavy atom. The Labute approximate surface area is 432 Å². The van der Waals surface area contributed by atoms with Crippen LogP contribution in [-0.2, 0) is 43.6 Å². The molecule has 3 atom stereocenters. The van der Waals surface area contributed by atoms with E-state index in [4.69, 9.17) is 32.0 Å². The molecule has 0 spiro atoms. The molecule has 0 saturated carbocycles. The number of primary amides is 1. The fourth-order valence-electron chi connectivity index (χ4n) is 8.22. The van der Waals surface area contributed by atoms with Crippen LogP contribution in [0.15, 0.2) is 104 Å². The van der Waals surface area contributed by atoms with E-state index in [9.17, 15) is 33.9 Å². The number of hydrogen-bond acceptors (Lipinski definition) is 12. The van der Waals surface area contributed by atoms with Crippen LogP contribution in [0.5, 0.6) is 0 Å². The molecule has 2 aromatic carbocycles. The van der Waals surface area contributed by atoms with Crippen LogP contribution >= 0.6 is 11.6 Å². The molecule has 74 heavy (non-hydrogen) atoms. The summed E-state index contributed by atoms with van der Waals surface area (Å²) >= 11 is 6.36. The number of amides is 7. The third kappa shape index (κ3) is 14.9. The van der Waals surface area contributed by atoms with Crippen molar-refractivity contribution in [1.29, 1.82) is 0 Å². The van der Waals surface area contributed by atoms with Crippen molar-refractivity contribution in [3.05, 3.63) is 131 Å². The Bertz CT molecular complexity index is 2980. The van der Waals surface area contributed by atoms with Gasteiger partial charge in [0.1, 0.15) is 42.8 Å². The number of rotatable bonds is 24. The normalized spacial score (nSPS) is 13.9. The Morgan fingerprint density at radius 2 is 1.72 bits per heavy atom. The van der Waals surface area contributed by atoms with Gasteiger partial charge in [-0.3, -0.25) is 29.1 Å². The van der Waals surface area contributed by atoms with E-state index in [2.05, 4.69) is 36.3 Å². The lowest BCUT2D eigenvalue weighted by molar-refractivity contribution is -0.132. The van der Waals surface area contributed by atoms with Crippen molar-refractivity contribution in [2.75, 3.05) is 18.4 Å². The molecule has 4 aromatic heterocycles. The summed E-state index contributed by atoms with van der Waals surface area (Å²) in [5, 5.41) is 25.6. The molecule has 22 heteroatoms.